The smallest absolute Gasteiger partial charge is 0.126 e. The van der Waals surface area contributed by atoms with Gasteiger partial charge in [-0.25, -0.2) is 0 Å². The van der Waals surface area contributed by atoms with Gasteiger partial charge in [-0.1, -0.05) is 12.1 Å². The van der Waals surface area contributed by atoms with Crippen LogP contribution in [0.15, 0.2) is 54.6 Å². The molecular weight excluding hydrogens is 408 g/mol. The number of ether oxygens (including phenoxy) is 5. The molecule has 0 spiro atoms. The van der Waals surface area contributed by atoms with E-state index < -0.39 is 6.10 Å². The standard InChI is InChI=1S/C26H28O6/c1-28-17-8-6-15(7-9-17)24-23(16-10-18(29-2)12-19(11-16)30-3)25-21(26(24)27)13-20(31-4)14-22(25)32-5/h6-14,23-24,26-27H,1-5H3. The summed E-state index contributed by atoms with van der Waals surface area (Å²) in [6, 6.07) is 17.3. The zero-order chi connectivity index (χ0) is 22.8. The van der Waals surface area contributed by atoms with Crippen LogP contribution >= 0.6 is 0 Å². The summed E-state index contributed by atoms with van der Waals surface area (Å²) >= 11 is 0. The van der Waals surface area contributed by atoms with Gasteiger partial charge in [0.1, 0.15) is 28.7 Å². The number of aliphatic hydroxyl groups excluding tert-OH is 1. The molecule has 6 heteroatoms. The van der Waals surface area contributed by atoms with E-state index in [0.29, 0.717) is 23.0 Å². The van der Waals surface area contributed by atoms with Crippen LogP contribution in [0, 0.1) is 0 Å². The summed E-state index contributed by atoms with van der Waals surface area (Å²) in [5.74, 6) is 2.98. The molecule has 0 heterocycles. The molecule has 0 saturated heterocycles. The van der Waals surface area contributed by atoms with E-state index in [1.807, 2.05) is 54.6 Å². The van der Waals surface area contributed by atoms with Gasteiger partial charge in [0.25, 0.3) is 0 Å². The predicted octanol–water partition coefficient (Wildman–Crippen LogP) is 4.69. The van der Waals surface area contributed by atoms with Gasteiger partial charge in [0, 0.05) is 29.5 Å². The highest BCUT2D eigenvalue weighted by Gasteiger charge is 2.44. The van der Waals surface area contributed by atoms with Crippen molar-refractivity contribution in [1.82, 2.24) is 0 Å². The Morgan fingerprint density at radius 1 is 0.594 bits per heavy atom. The first-order valence-electron chi connectivity index (χ1n) is 10.3. The fourth-order valence-electron chi connectivity index (χ4n) is 4.63. The minimum absolute atomic E-state index is 0.196. The van der Waals surface area contributed by atoms with Crippen LogP contribution < -0.4 is 23.7 Å². The molecule has 4 rings (SSSR count). The van der Waals surface area contributed by atoms with Crippen molar-refractivity contribution in [1.29, 1.82) is 0 Å². The Kier molecular flexibility index (Phi) is 6.15. The van der Waals surface area contributed by atoms with Gasteiger partial charge in [0.15, 0.2) is 0 Å². The lowest BCUT2D eigenvalue weighted by Gasteiger charge is -2.25. The Balaban J connectivity index is 1.96. The van der Waals surface area contributed by atoms with E-state index in [0.717, 1.165) is 28.0 Å². The van der Waals surface area contributed by atoms with Crippen molar-refractivity contribution in [3.8, 4) is 28.7 Å². The van der Waals surface area contributed by atoms with E-state index in [4.69, 9.17) is 23.7 Å². The number of fused-ring (bicyclic) bond motifs is 1. The van der Waals surface area contributed by atoms with Crippen LogP contribution in [0.3, 0.4) is 0 Å². The van der Waals surface area contributed by atoms with Gasteiger partial charge in [0.05, 0.1) is 41.7 Å². The third-order valence-corrected chi connectivity index (χ3v) is 6.17. The Morgan fingerprint density at radius 2 is 1.16 bits per heavy atom. The molecule has 1 aliphatic carbocycles. The summed E-state index contributed by atoms with van der Waals surface area (Å²) in [5.41, 5.74) is 3.66. The zero-order valence-corrected chi connectivity index (χ0v) is 18.9. The minimum Gasteiger partial charge on any atom is -0.497 e. The van der Waals surface area contributed by atoms with Crippen LogP contribution in [0.2, 0.25) is 0 Å². The molecule has 0 radical (unpaired) electrons. The van der Waals surface area contributed by atoms with Crippen LogP contribution in [0.5, 0.6) is 28.7 Å². The molecule has 1 aliphatic rings. The van der Waals surface area contributed by atoms with Crippen molar-refractivity contribution in [3.63, 3.8) is 0 Å². The number of hydrogen-bond acceptors (Lipinski definition) is 6. The van der Waals surface area contributed by atoms with E-state index in [-0.39, 0.29) is 11.8 Å². The maximum atomic E-state index is 11.5. The van der Waals surface area contributed by atoms with Crippen LogP contribution in [0.1, 0.15) is 40.2 Å². The molecule has 0 aliphatic heterocycles. The topological polar surface area (TPSA) is 66.4 Å². The molecule has 3 aromatic carbocycles. The molecule has 6 nitrogen and oxygen atoms in total. The lowest BCUT2D eigenvalue weighted by Crippen LogP contribution is -2.12. The van der Waals surface area contributed by atoms with Crippen LogP contribution in [-0.2, 0) is 0 Å². The second-order valence-corrected chi connectivity index (χ2v) is 7.70. The van der Waals surface area contributed by atoms with E-state index >= 15 is 0 Å². The van der Waals surface area contributed by atoms with Gasteiger partial charge in [0.2, 0.25) is 0 Å². The lowest BCUT2D eigenvalue weighted by atomic mass is 9.80. The minimum atomic E-state index is -0.760. The first-order chi connectivity index (χ1) is 15.5. The van der Waals surface area contributed by atoms with Gasteiger partial charge in [-0.3, -0.25) is 0 Å². The monoisotopic (exact) mass is 436 g/mol. The molecule has 3 aromatic rings. The first-order valence-corrected chi connectivity index (χ1v) is 10.3. The molecule has 0 saturated carbocycles. The highest BCUT2D eigenvalue weighted by atomic mass is 16.5. The van der Waals surface area contributed by atoms with Crippen molar-refractivity contribution >= 4 is 0 Å². The number of methoxy groups -OCH3 is 5. The molecule has 3 atom stereocenters. The average Bonchev–Trinajstić information content (AvgIpc) is 3.15. The van der Waals surface area contributed by atoms with Crippen molar-refractivity contribution in [2.24, 2.45) is 0 Å². The van der Waals surface area contributed by atoms with Crippen LogP contribution in [-0.4, -0.2) is 40.7 Å². The molecular formula is C26H28O6. The molecule has 3 unspecified atom stereocenters. The maximum absolute atomic E-state index is 11.5. The molecule has 0 aromatic heterocycles. The second-order valence-electron chi connectivity index (χ2n) is 7.70. The highest BCUT2D eigenvalue weighted by Crippen LogP contribution is 2.58. The molecule has 168 valence electrons. The Labute approximate surface area is 188 Å². The Morgan fingerprint density at radius 3 is 1.69 bits per heavy atom. The van der Waals surface area contributed by atoms with Crippen LogP contribution in [0.25, 0.3) is 0 Å². The Bertz CT molecular complexity index is 1070. The van der Waals surface area contributed by atoms with Gasteiger partial charge in [-0.15, -0.1) is 0 Å². The normalized spacial score (nSPS) is 19.2. The van der Waals surface area contributed by atoms with Crippen molar-refractivity contribution in [2.75, 3.05) is 35.5 Å². The molecule has 1 N–H and O–H groups in total. The van der Waals surface area contributed by atoms with E-state index in [1.165, 1.54) is 0 Å². The summed E-state index contributed by atoms with van der Waals surface area (Å²) in [7, 11) is 8.13. The first kappa shape index (κ1) is 21.8. The third kappa shape index (κ3) is 3.71. The average molecular weight is 437 g/mol. The highest BCUT2D eigenvalue weighted by molar-refractivity contribution is 5.60. The van der Waals surface area contributed by atoms with Crippen molar-refractivity contribution in [3.05, 3.63) is 76.9 Å². The van der Waals surface area contributed by atoms with Gasteiger partial charge in [-0.2, -0.15) is 0 Å². The molecule has 0 fully saturated rings. The quantitative estimate of drug-likeness (QED) is 0.580. The number of hydrogen-bond donors (Lipinski definition) is 1. The fourth-order valence-corrected chi connectivity index (χ4v) is 4.63. The van der Waals surface area contributed by atoms with Gasteiger partial charge < -0.3 is 28.8 Å². The SMILES string of the molecule is COc1ccc(C2C(O)c3cc(OC)cc(OC)c3C2c2cc(OC)cc(OC)c2)cc1. The zero-order valence-electron chi connectivity index (χ0n) is 18.9. The van der Waals surface area contributed by atoms with Crippen molar-refractivity contribution < 1.29 is 28.8 Å². The summed E-state index contributed by atoms with van der Waals surface area (Å²) in [4.78, 5) is 0. The maximum Gasteiger partial charge on any atom is 0.126 e. The van der Waals surface area contributed by atoms with Gasteiger partial charge in [-0.05, 0) is 47.0 Å². The molecule has 32 heavy (non-hydrogen) atoms. The third-order valence-electron chi connectivity index (χ3n) is 6.17. The molecule has 0 bridgehead atoms. The number of rotatable bonds is 7. The van der Waals surface area contributed by atoms with Crippen LogP contribution in [0.4, 0.5) is 0 Å². The fraction of sp³-hybridized carbons (Fsp3) is 0.308. The Hall–Kier alpha value is -3.38. The summed E-state index contributed by atoms with van der Waals surface area (Å²) in [6.45, 7) is 0. The summed E-state index contributed by atoms with van der Waals surface area (Å²) in [5, 5.41) is 11.5. The van der Waals surface area contributed by atoms with E-state index in [2.05, 4.69) is 0 Å². The van der Waals surface area contributed by atoms with E-state index in [1.54, 1.807) is 35.5 Å². The largest absolute Gasteiger partial charge is 0.497 e. The number of benzene rings is 3. The molecule has 0 amide bonds. The number of aliphatic hydroxyl groups is 1. The summed E-state index contributed by atoms with van der Waals surface area (Å²) in [6.07, 6.45) is -0.760. The van der Waals surface area contributed by atoms with Gasteiger partial charge >= 0.3 is 0 Å². The lowest BCUT2D eigenvalue weighted by molar-refractivity contribution is 0.152. The predicted molar refractivity (Wildman–Crippen MR) is 122 cm³/mol. The van der Waals surface area contributed by atoms with Crippen molar-refractivity contribution in [2.45, 2.75) is 17.9 Å². The van der Waals surface area contributed by atoms with E-state index in [9.17, 15) is 5.11 Å². The second kappa shape index (κ2) is 9.01. The summed E-state index contributed by atoms with van der Waals surface area (Å²) < 4.78 is 27.6.